The summed E-state index contributed by atoms with van der Waals surface area (Å²) in [4.78, 5) is 0. The van der Waals surface area contributed by atoms with Crippen LogP contribution in [0.5, 0.6) is 0 Å². The highest BCUT2D eigenvalue weighted by Crippen LogP contribution is 2.47. The van der Waals surface area contributed by atoms with E-state index in [0.717, 1.165) is 43.4 Å². The van der Waals surface area contributed by atoms with Crippen LogP contribution in [0.3, 0.4) is 0 Å². The first-order chi connectivity index (χ1) is 25.4. The fourth-order valence-electron chi connectivity index (χ4n) is 7.52. The van der Waals surface area contributed by atoms with E-state index in [1.807, 2.05) is 36.4 Å². The van der Waals surface area contributed by atoms with Crippen LogP contribution >= 0.6 is 0 Å². The summed E-state index contributed by atoms with van der Waals surface area (Å²) in [5, 5.41) is 10.3. The Morgan fingerprint density at radius 1 is 0.383 bits per heavy atom. The molecular weight excluding hydrogens is 569 g/mol. The average Bonchev–Trinajstić information content (AvgIpc) is 3.56. The van der Waals surface area contributed by atoms with E-state index in [4.69, 9.17) is 11.3 Å². The van der Waals surface area contributed by atoms with Crippen molar-refractivity contribution in [1.29, 1.82) is 0 Å². The Morgan fingerprint density at radius 3 is 1.70 bits per heavy atom. The second kappa shape index (κ2) is 10.2. The van der Waals surface area contributed by atoms with Gasteiger partial charge in [-0.2, -0.15) is 0 Å². The SMILES string of the molecule is [2H]c1c([2H])c([2H])c(-c2cc3c4cc(-c5c6ccccc6c(-c6cccc7ccccc67)c6ccccc56)ccc4oc3c3ccccc23)c([2H])c1[2H]. The Labute approximate surface area is 279 Å². The van der Waals surface area contributed by atoms with Gasteiger partial charge < -0.3 is 4.42 Å². The van der Waals surface area contributed by atoms with Crippen LogP contribution in [0, 0.1) is 0 Å². The molecule has 10 aromatic rings. The minimum absolute atomic E-state index is 0.176. The molecule has 0 aliphatic carbocycles. The second-order valence-corrected chi connectivity index (χ2v) is 12.0. The van der Waals surface area contributed by atoms with Gasteiger partial charge in [-0.25, -0.2) is 0 Å². The summed E-state index contributed by atoms with van der Waals surface area (Å²) in [6.45, 7) is 0. The van der Waals surface area contributed by atoms with Crippen LogP contribution in [0.4, 0.5) is 0 Å². The quantitative estimate of drug-likeness (QED) is 0.184. The molecule has 0 unspecified atom stereocenters. The molecule has 0 bridgehead atoms. The van der Waals surface area contributed by atoms with E-state index in [1.165, 1.54) is 32.7 Å². The van der Waals surface area contributed by atoms with Crippen LogP contribution in [-0.4, -0.2) is 0 Å². The fourth-order valence-corrected chi connectivity index (χ4v) is 7.52. The maximum Gasteiger partial charge on any atom is 0.143 e. The lowest BCUT2D eigenvalue weighted by molar-refractivity contribution is 0.673. The molecule has 0 aliphatic rings. The fraction of sp³-hybridized carbons (Fsp3) is 0. The predicted octanol–water partition coefficient (Wildman–Crippen LogP) is 13.2. The van der Waals surface area contributed by atoms with Crippen LogP contribution in [0.2, 0.25) is 0 Å². The lowest BCUT2D eigenvalue weighted by atomic mass is 9.84. The summed E-state index contributed by atoms with van der Waals surface area (Å²) in [5.74, 6) is 0. The van der Waals surface area contributed by atoms with Gasteiger partial charge >= 0.3 is 0 Å². The van der Waals surface area contributed by atoms with E-state index in [0.29, 0.717) is 16.7 Å². The smallest absolute Gasteiger partial charge is 0.143 e. The van der Waals surface area contributed by atoms with E-state index in [9.17, 15) is 0 Å². The van der Waals surface area contributed by atoms with E-state index in [-0.39, 0.29) is 29.7 Å². The first-order valence-corrected chi connectivity index (χ1v) is 15.8. The average molecular weight is 602 g/mol. The third kappa shape index (κ3) is 3.90. The maximum atomic E-state index is 8.81. The summed E-state index contributed by atoms with van der Waals surface area (Å²) in [7, 11) is 0. The summed E-state index contributed by atoms with van der Waals surface area (Å²) in [5.41, 5.74) is 6.71. The molecule has 1 aromatic heterocycles. The molecular formula is C46H28O. The molecule has 0 spiro atoms. The van der Waals surface area contributed by atoms with Gasteiger partial charge in [0.05, 0.1) is 6.85 Å². The monoisotopic (exact) mass is 601 g/mol. The first-order valence-electron chi connectivity index (χ1n) is 18.3. The van der Waals surface area contributed by atoms with Crippen molar-refractivity contribution in [3.05, 3.63) is 170 Å². The lowest BCUT2D eigenvalue weighted by Gasteiger charge is -2.18. The van der Waals surface area contributed by atoms with Gasteiger partial charge in [-0.1, -0.05) is 152 Å². The molecule has 0 radical (unpaired) electrons. The van der Waals surface area contributed by atoms with Gasteiger partial charge in [0.2, 0.25) is 0 Å². The molecule has 0 saturated carbocycles. The summed E-state index contributed by atoms with van der Waals surface area (Å²) >= 11 is 0. The molecule has 0 saturated heterocycles. The third-order valence-electron chi connectivity index (χ3n) is 9.53. The number of benzene rings is 9. The van der Waals surface area contributed by atoms with Crippen molar-refractivity contribution in [2.45, 2.75) is 0 Å². The molecule has 0 N–H and O–H groups in total. The first kappa shape index (κ1) is 21.5. The highest BCUT2D eigenvalue weighted by molar-refractivity contribution is 6.25. The van der Waals surface area contributed by atoms with E-state index < -0.39 is 6.04 Å². The van der Waals surface area contributed by atoms with Crippen molar-refractivity contribution in [1.82, 2.24) is 0 Å². The Bertz CT molecular complexity index is 3050. The standard InChI is InChI=1S/C46H28O/c1-2-13-30(14-3-1)40-28-42-41-27-31(25-26-43(41)47-46(42)39-23-11-6-18-33(39)40)44-35-19-7-9-21-37(35)45(38-22-10-8-20-36(38)44)34-24-12-16-29-15-4-5-17-32(29)34/h1-28H/i1D,2D,3D,13D,14D. The minimum atomic E-state index is -0.409. The van der Waals surface area contributed by atoms with Crippen LogP contribution < -0.4 is 0 Å². The number of hydrogen-bond donors (Lipinski definition) is 0. The predicted molar refractivity (Wildman–Crippen MR) is 200 cm³/mol. The Balaban J connectivity index is 1.29. The van der Waals surface area contributed by atoms with Crippen molar-refractivity contribution in [2.24, 2.45) is 0 Å². The largest absolute Gasteiger partial charge is 0.455 e. The Kier molecular flexibility index (Phi) is 4.66. The van der Waals surface area contributed by atoms with Gasteiger partial charge in [-0.05, 0) is 89.3 Å². The molecule has 0 amide bonds. The van der Waals surface area contributed by atoms with Gasteiger partial charge in [0.1, 0.15) is 11.2 Å². The molecule has 0 fully saturated rings. The van der Waals surface area contributed by atoms with Crippen LogP contribution in [0.25, 0.3) is 98.4 Å². The molecule has 0 aliphatic heterocycles. The maximum absolute atomic E-state index is 8.81. The number of hydrogen-bond acceptors (Lipinski definition) is 1. The Hall–Kier alpha value is -6.18. The molecule has 218 valence electrons. The highest BCUT2D eigenvalue weighted by atomic mass is 16.3. The molecule has 10 rings (SSSR count). The molecule has 9 aromatic carbocycles. The van der Waals surface area contributed by atoms with E-state index in [2.05, 4.69) is 103 Å². The summed E-state index contributed by atoms with van der Waals surface area (Å²) in [6.07, 6.45) is 0. The molecule has 1 heterocycles. The highest BCUT2D eigenvalue weighted by Gasteiger charge is 2.20. The minimum Gasteiger partial charge on any atom is -0.455 e. The van der Waals surface area contributed by atoms with Crippen molar-refractivity contribution in [3.63, 3.8) is 0 Å². The van der Waals surface area contributed by atoms with Gasteiger partial charge in [-0.3, -0.25) is 0 Å². The third-order valence-corrected chi connectivity index (χ3v) is 9.53. The van der Waals surface area contributed by atoms with Gasteiger partial charge in [0.25, 0.3) is 0 Å². The molecule has 47 heavy (non-hydrogen) atoms. The van der Waals surface area contributed by atoms with Crippen molar-refractivity contribution in [2.75, 3.05) is 0 Å². The Morgan fingerprint density at radius 2 is 0.979 bits per heavy atom. The normalized spacial score (nSPS) is 13.3. The van der Waals surface area contributed by atoms with Crippen molar-refractivity contribution < 1.29 is 11.3 Å². The zero-order valence-electron chi connectivity index (χ0n) is 30.2. The van der Waals surface area contributed by atoms with Gasteiger partial charge in [0, 0.05) is 16.2 Å². The number of rotatable bonds is 3. The van der Waals surface area contributed by atoms with E-state index in [1.54, 1.807) is 0 Å². The number of furan rings is 1. The molecule has 1 heteroatoms. The second-order valence-electron chi connectivity index (χ2n) is 12.0. The molecule has 1 nitrogen and oxygen atoms in total. The lowest BCUT2D eigenvalue weighted by Crippen LogP contribution is -1.91. The topological polar surface area (TPSA) is 13.1 Å². The zero-order chi connectivity index (χ0) is 35.2. The summed E-state index contributed by atoms with van der Waals surface area (Å²) < 4.78 is 49.2. The van der Waals surface area contributed by atoms with E-state index >= 15 is 0 Å². The van der Waals surface area contributed by atoms with Crippen LogP contribution in [0.1, 0.15) is 6.85 Å². The zero-order valence-corrected chi connectivity index (χ0v) is 25.2. The van der Waals surface area contributed by atoms with Gasteiger partial charge in [0.15, 0.2) is 0 Å². The molecule has 0 atom stereocenters. The van der Waals surface area contributed by atoms with Gasteiger partial charge in [-0.15, -0.1) is 0 Å². The van der Waals surface area contributed by atoms with Crippen LogP contribution in [-0.2, 0) is 0 Å². The number of fused-ring (bicyclic) bond motifs is 8. The summed E-state index contributed by atoms with van der Waals surface area (Å²) in [6, 6.07) is 46.7. The van der Waals surface area contributed by atoms with Crippen molar-refractivity contribution in [3.8, 4) is 33.4 Å². The van der Waals surface area contributed by atoms with Crippen LogP contribution in [0.15, 0.2) is 174 Å². The van der Waals surface area contributed by atoms with Crippen molar-refractivity contribution >= 4 is 65.0 Å².